The Morgan fingerprint density at radius 2 is 1.70 bits per heavy atom. The second kappa shape index (κ2) is 6.74. The van der Waals surface area contributed by atoms with Crippen LogP contribution in [0.2, 0.25) is 0 Å². The summed E-state index contributed by atoms with van der Waals surface area (Å²) in [6.45, 7) is 5.41. The van der Waals surface area contributed by atoms with Crippen LogP contribution in [0.3, 0.4) is 0 Å². The van der Waals surface area contributed by atoms with Gasteiger partial charge in [0.1, 0.15) is 5.75 Å². The van der Waals surface area contributed by atoms with Gasteiger partial charge in [0.15, 0.2) is 0 Å². The molecule has 0 aromatic heterocycles. The summed E-state index contributed by atoms with van der Waals surface area (Å²) in [5.74, 6) is 0.906. The summed E-state index contributed by atoms with van der Waals surface area (Å²) in [6, 6.07) is 23.7. The minimum absolute atomic E-state index is 0.279. The van der Waals surface area contributed by atoms with Crippen LogP contribution in [0.1, 0.15) is 25.5 Å². The topological polar surface area (TPSA) is 12.5 Å². The zero-order valence-electron chi connectivity index (χ0n) is 14.0. The van der Waals surface area contributed by atoms with Crippen molar-refractivity contribution in [2.45, 2.75) is 19.9 Å². The summed E-state index contributed by atoms with van der Waals surface area (Å²) in [5, 5.41) is 2.58. The minimum atomic E-state index is 0.279. The van der Waals surface area contributed by atoms with Crippen molar-refractivity contribution in [3.05, 3.63) is 72.3 Å². The highest BCUT2D eigenvalue weighted by atomic mass is 16.5. The number of hydrogen-bond acceptors (Lipinski definition) is 2. The lowest BCUT2D eigenvalue weighted by atomic mass is 10.0. The second-order valence-electron chi connectivity index (χ2n) is 5.74. The SMILES string of the molecule is CCN(c1cccc2ccccc12)C(C)c1cccc(OC)c1. The normalized spacial score (nSPS) is 12.1. The quantitative estimate of drug-likeness (QED) is 0.622. The van der Waals surface area contributed by atoms with Crippen molar-refractivity contribution in [3.63, 3.8) is 0 Å². The zero-order valence-corrected chi connectivity index (χ0v) is 14.0. The predicted molar refractivity (Wildman–Crippen MR) is 98.4 cm³/mol. The van der Waals surface area contributed by atoms with Crippen LogP contribution in [0.25, 0.3) is 10.8 Å². The van der Waals surface area contributed by atoms with Crippen LogP contribution in [0, 0.1) is 0 Å². The van der Waals surface area contributed by atoms with E-state index in [9.17, 15) is 0 Å². The van der Waals surface area contributed by atoms with Crippen LogP contribution in [-0.4, -0.2) is 13.7 Å². The van der Waals surface area contributed by atoms with Gasteiger partial charge in [-0.3, -0.25) is 0 Å². The van der Waals surface area contributed by atoms with Gasteiger partial charge < -0.3 is 9.64 Å². The Hall–Kier alpha value is -2.48. The molecule has 2 heteroatoms. The number of fused-ring (bicyclic) bond motifs is 1. The van der Waals surface area contributed by atoms with E-state index in [0.29, 0.717) is 0 Å². The molecule has 118 valence electrons. The average molecular weight is 305 g/mol. The van der Waals surface area contributed by atoms with Crippen molar-refractivity contribution in [2.75, 3.05) is 18.6 Å². The Bertz CT molecular complexity index is 791. The largest absolute Gasteiger partial charge is 0.497 e. The van der Waals surface area contributed by atoms with Crippen molar-refractivity contribution < 1.29 is 4.74 Å². The van der Waals surface area contributed by atoms with Gasteiger partial charge in [0.25, 0.3) is 0 Å². The lowest BCUT2D eigenvalue weighted by Gasteiger charge is -2.32. The Morgan fingerprint density at radius 3 is 2.48 bits per heavy atom. The number of methoxy groups -OCH3 is 1. The van der Waals surface area contributed by atoms with E-state index in [0.717, 1.165) is 12.3 Å². The highest BCUT2D eigenvalue weighted by molar-refractivity contribution is 5.94. The van der Waals surface area contributed by atoms with Crippen molar-refractivity contribution in [2.24, 2.45) is 0 Å². The molecule has 0 fully saturated rings. The molecule has 0 saturated heterocycles. The molecule has 0 aliphatic carbocycles. The number of hydrogen-bond donors (Lipinski definition) is 0. The molecule has 0 bridgehead atoms. The van der Waals surface area contributed by atoms with Gasteiger partial charge in [-0.2, -0.15) is 0 Å². The molecular formula is C21H23NO. The van der Waals surface area contributed by atoms with Crippen molar-refractivity contribution in [1.29, 1.82) is 0 Å². The van der Waals surface area contributed by atoms with Crippen LogP contribution >= 0.6 is 0 Å². The number of benzene rings is 3. The third kappa shape index (κ3) is 3.02. The lowest BCUT2D eigenvalue weighted by Crippen LogP contribution is -2.26. The smallest absolute Gasteiger partial charge is 0.119 e. The molecule has 0 aliphatic heterocycles. The van der Waals surface area contributed by atoms with Gasteiger partial charge in [-0.15, -0.1) is 0 Å². The van der Waals surface area contributed by atoms with Gasteiger partial charge in [0.05, 0.1) is 13.2 Å². The summed E-state index contributed by atoms with van der Waals surface area (Å²) in [4.78, 5) is 2.44. The highest BCUT2D eigenvalue weighted by Crippen LogP contribution is 2.33. The van der Waals surface area contributed by atoms with E-state index in [1.165, 1.54) is 22.0 Å². The predicted octanol–water partition coefficient (Wildman–Crippen LogP) is 5.44. The van der Waals surface area contributed by atoms with Crippen molar-refractivity contribution in [3.8, 4) is 5.75 Å². The average Bonchev–Trinajstić information content (AvgIpc) is 2.62. The first-order valence-electron chi connectivity index (χ1n) is 8.13. The summed E-state index contributed by atoms with van der Waals surface area (Å²) in [7, 11) is 1.71. The Balaban J connectivity index is 2.04. The molecule has 1 atom stereocenters. The number of nitrogens with zero attached hydrogens (tertiary/aromatic N) is 1. The molecule has 23 heavy (non-hydrogen) atoms. The van der Waals surface area contributed by atoms with Crippen LogP contribution in [0.4, 0.5) is 5.69 Å². The Kier molecular flexibility index (Phi) is 4.52. The molecule has 0 N–H and O–H groups in total. The number of anilines is 1. The first-order valence-corrected chi connectivity index (χ1v) is 8.13. The Labute approximate surface area is 138 Å². The highest BCUT2D eigenvalue weighted by Gasteiger charge is 2.17. The standard InChI is InChI=1S/C21H23NO/c1-4-22(16(2)18-11-7-12-19(15-18)23-3)21-14-8-10-17-9-5-6-13-20(17)21/h5-16H,4H2,1-3H3. The maximum Gasteiger partial charge on any atom is 0.119 e. The van der Waals surface area contributed by atoms with Crippen molar-refractivity contribution >= 4 is 16.5 Å². The molecule has 3 aromatic carbocycles. The molecule has 3 aromatic rings. The maximum atomic E-state index is 5.38. The molecule has 2 nitrogen and oxygen atoms in total. The second-order valence-corrected chi connectivity index (χ2v) is 5.74. The molecule has 0 radical (unpaired) electrons. The summed E-state index contributed by atoms with van der Waals surface area (Å²) < 4.78 is 5.38. The van der Waals surface area contributed by atoms with Gasteiger partial charge in [0, 0.05) is 17.6 Å². The third-order valence-electron chi connectivity index (χ3n) is 4.46. The summed E-state index contributed by atoms with van der Waals surface area (Å²) in [6.07, 6.45) is 0. The van der Waals surface area contributed by atoms with Gasteiger partial charge in [-0.25, -0.2) is 0 Å². The summed E-state index contributed by atoms with van der Waals surface area (Å²) >= 11 is 0. The van der Waals surface area contributed by atoms with Crippen molar-refractivity contribution in [1.82, 2.24) is 0 Å². The lowest BCUT2D eigenvalue weighted by molar-refractivity contribution is 0.414. The van der Waals surface area contributed by atoms with E-state index >= 15 is 0 Å². The van der Waals surface area contributed by atoms with E-state index in [1.54, 1.807) is 7.11 Å². The fourth-order valence-corrected chi connectivity index (χ4v) is 3.19. The van der Waals surface area contributed by atoms with Crippen LogP contribution in [-0.2, 0) is 0 Å². The molecule has 1 unspecified atom stereocenters. The zero-order chi connectivity index (χ0) is 16.2. The van der Waals surface area contributed by atoms with Crippen LogP contribution < -0.4 is 9.64 Å². The Morgan fingerprint density at radius 1 is 0.957 bits per heavy atom. The van der Waals surface area contributed by atoms with Crippen LogP contribution in [0.15, 0.2) is 66.7 Å². The van der Waals surface area contributed by atoms with E-state index in [-0.39, 0.29) is 6.04 Å². The molecule has 0 heterocycles. The first kappa shape index (κ1) is 15.4. The summed E-state index contributed by atoms with van der Waals surface area (Å²) in [5.41, 5.74) is 2.54. The van der Waals surface area contributed by atoms with E-state index in [2.05, 4.69) is 79.4 Å². The monoisotopic (exact) mass is 305 g/mol. The fourth-order valence-electron chi connectivity index (χ4n) is 3.19. The van der Waals surface area contributed by atoms with Crippen LogP contribution in [0.5, 0.6) is 5.75 Å². The first-order chi connectivity index (χ1) is 11.2. The van der Waals surface area contributed by atoms with Gasteiger partial charge >= 0.3 is 0 Å². The minimum Gasteiger partial charge on any atom is -0.497 e. The fraction of sp³-hybridized carbons (Fsp3) is 0.238. The molecular weight excluding hydrogens is 282 g/mol. The van der Waals surface area contributed by atoms with E-state index < -0.39 is 0 Å². The van der Waals surface area contributed by atoms with Gasteiger partial charge in [-0.1, -0.05) is 48.5 Å². The molecule has 3 rings (SSSR count). The van der Waals surface area contributed by atoms with E-state index in [1.807, 2.05) is 6.07 Å². The molecule has 0 spiro atoms. The molecule has 0 amide bonds. The number of rotatable bonds is 5. The maximum absolute atomic E-state index is 5.38. The van der Waals surface area contributed by atoms with Gasteiger partial charge in [0.2, 0.25) is 0 Å². The molecule has 0 aliphatic rings. The van der Waals surface area contributed by atoms with E-state index in [4.69, 9.17) is 4.74 Å². The third-order valence-corrected chi connectivity index (χ3v) is 4.46. The number of ether oxygens (including phenoxy) is 1. The molecule has 0 saturated carbocycles. The van der Waals surface area contributed by atoms with Gasteiger partial charge in [-0.05, 0) is 43.0 Å².